The van der Waals surface area contributed by atoms with E-state index in [1.165, 1.54) is 17.0 Å². The van der Waals surface area contributed by atoms with E-state index in [1.807, 2.05) is 0 Å². The van der Waals surface area contributed by atoms with Gasteiger partial charge in [0.15, 0.2) is 0 Å². The molecule has 0 bridgehead atoms. The Labute approximate surface area is 119 Å². The van der Waals surface area contributed by atoms with Crippen molar-refractivity contribution in [2.75, 3.05) is 0 Å². The number of rotatable bonds is 2. The number of hydrogen-bond acceptors (Lipinski definition) is 4. The number of piperidine rings is 1. The summed E-state index contributed by atoms with van der Waals surface area (Å²) in [5, 5.41) is 11.2. The first-order chi connectivity index (χ1) is 10.0. The van der Waals surface area contributed by atoms with Gasteiger partial charge >= 0.3 is 0 Å². The highest BCUT2D eigenvalue weighted by Gasteiger charge is 2.40. The highest BCUT2D eigenvalue weighted by molar-refractivity contribution is 6.05. The Kier molecular flexibility index (Phi) is 3.21. The highest BCUT2D eigenvalue weighted by Crippen LogP contribution is 2.30. The Morgan fingerprint density at radius 3 is 2.76 bits per heavy atom. The number of nitrogens with one attached hydrogen (secondary N) is 1. The van der Waals surface area contributed by atoms with E-state index in [4.69, 9.17) is 5.11 Å². The zero-order valence-corrected chi connectivity index (χ0v) is 11.1. The highest BCUT2D eigenvalue weighted by atomic mass is 19.1. The zero-order chi connectivity index (χ0) is 15.1. The Hall–Kier alpha value is -2.28. The van der Waals surface area contributed by atoms with Gasteiger partial charge in [-0.2, -0.15) is 0 Å². The number of nitrogens with zero attached hydrogens (tertiary/aromatic N) is 1. The topological polar surface area (TPSA) is 86.7 Å². The molecular formula is C14H13FN2O4. The van der Waals surface area contributed by atoms with Crippen LogP contribution in [-0.4, -0.2) is 33.8 Å². The fourth-order valence-electron chi connectivity index (χ4n) is 2.77. The van der Waals surface area contributed by atoms with Crippen molar-refractivity contribution >= 4 is 17.7 Å². The third-order valence-electron chi connectivity index (χ3n) is 3.90. The Bertz CT molecular complexity index is 659. The number of aliphatic hydroxyl groups excluding tert-OH is 1. The fraction of sp³-hybridized carbons (Fsp3) is 0.357. The van der Waals surface area contributed by atoms with E-state index in [1.54, 1.807) is 0 Å². The van der Waals surface area contributed by atoms with Crippen LogP contribution in [0, 0.1) is 5.82 Å². The Morgan fingerprint density at radius 2 is 2.10 bits per heavy atom. The molecule has 1 aromatic rings. The van der Waals surface area contributed by atoms with Gasteiger partial charge in [-0.05, 0) is 12.5 Å². The number of hydrogen-bond donors (Lipinski definition) is 2. The van der Waals surface area contributed by atoms with Crippen molar-refractivity contribution in [2.45, 2.75) is 32.0 Å². The monoisotopic (exact) mass is 292 g/mol. The van der Waals surface area contributed by atoms with E-state index in [0.717, 1.165) is 0 Å². The van der Waals surface area contributed by atoms with Crippen LogP contribution in [0.3, 0.4) is 0 Å². The number of carbonyl (C=O) groups is 3. The molecule has 2 heterocycles. The van der Waals surface area contributed by atoms with Crippen molar-refractivity contribution in [1.82, 2.24) is 10.2 Å². The molecule has 1 saturated heterocycles. The summed E-state index contributed by atoms with van der Waals surface area (Å²) in [6.07, 6.45) is 0.389. The predicted molar refractivity (Wildman–Crippen MR) is 68.4 cm³/mol. The number of carbonyl (C=O) groups excluding carboxylic acids is 3. The molecule has 6 nitrogen and oxygen atoms in total. The van der Waals surface area contributed by atoms with Gasteiger partial charge in [0, 0.05) is 23.1 Å². The lowest BCUT2D eigenvalue weighted by Gasteiger charge is -2.29. The van der Waals surface area contributed by atoms with Crippen molar-refractivity contribution in [3.8, 4) is 0 Å². The summed E-state index contributed by atoms with van der Waals surface area (Å²) in [6.45, 7) is -0.480. The van der Waals surface area contributed by atoms with Gasteiger partial charge in [-0.3, -0.25) is 19.7 Å². The van der Waals surface area contributed by atoms with Gasteiger partial charge in [0.25, 0.3) is 5.91 Å². The maximum Gasteiger partial charge on any atom is 0.255 e. The first-order valence-corrected chi connectivity index (χ1v) is 6.58. The number of benzene rings is 1. The van der Waals surface area contributed by atoms with Gasteiger partial charge in [0.05, 0.1) is 13.2 Å². The molecule has 2 aliphatic heterocycles. The van der Waals surface area contributed by atoms with Crippen LogP contribution in [0.4, 0.5) is 4.39 Å². The van der Waals surface area contributed by atoms with E-state index in [2.05, 4.69) is 5.32 Å². The van der Waals surface area contributed by atoms with E-state index in [9.17, 15) is 18.8 Å². The standard InChI is InChI=1S/C14H13FN2O4/c15-12-7(6-18)1-2-8-9(12)5-17(14(8)21)10-3-4-11(19)16-13(10)20/h1-2,10,18H,3-6H2,(H,16,19,20). The van der Waals surface area contributed by atoms with E-state index in [-0.39, 0.29) is 42.0 Å². The average molecular weight is 292 g/mol. The van der Waals surface area contributed by atoms with E-state index < -0.39 is 30.3 Å². The SMILES string of the molecule is O=C1CCC(N2Cc3c(ccc(CO)c3F)C2=O)C(=O)N1. The lowest BCUT2D eigenvalue weighted by atomic mass is 10.0. The second-order valence-corrected chi connectivity index (χ2v) is 5.12. The molecule has 1 atom stereocenters. The first kappa shape index (κ1) is 13.7. The number of imide groups is 1. The second-order valence-electron chi connectivity index (χ2n) is 5.12. The molecule has 3 rings (SSSR count). The van der Waals surface area contributed by atoms with Gasteiger partial charge in [0.1, 0.15) is 11.9 Å². The van der Waals surface area contributed by atoms with Gasteiger partial charge in [-0.1, -0.05) is 6.07 Å². The van der Waals surface area contributed by atoms with E-state index in [0.29, 0.717) is 0 Å². The molecule has 0 spiro atoms. The summed E-state index contributed by atoms with van der Waals surface area (Å²) in [6, 6.07) is 2.05. The Balaban J connectivity index is 1.92. The molecule has 0 aliphatic carbocycles. The second kappa shape index (κ2) is 4.92. The summed E-state index contributed by atoms with van der Waals surface area (Å²) in [5.41, 5.74) is 0.511. The molecule has 0 saturated carbocycles. The van der Waals surface area contributed by atoms with Crippen LogP contribution in [0.2, 0.25) is 0 Å². The van der Waals surface area contributed by atoms with Crippen molar-refractivity contribution in [3.63, 3.8) is 0 Å². The van der Waals surface area contributed by atoms with Crippen molar-refractivity contribution < 1.29 is 23.9 Å². The van der Waals surface area contributed by atoms with Crippen molar-refractivity contribution in [1.29, 1.82) is 0 Å². The van der Waals surface area contributed by atoms with Crippen LogP contribution >= 0.6 is 0 Å². The van der Waals surface area contributed by atoms with Gasteiger partial charge < -0.3 is 10.0 Å². The lowest BCUT2D eigenvalue weighted by Crippen LogP contribution is -2.52. The summed E-state index contributed by atoms with van der Waals surface area (Å²) >= 11 is 0. The van der Waals surface area contributed by atoms with Crippen LogP contribution in [0.1, 0.15) is 34.3 Å². The van der Waals surface area contributed by atoms with Crippen LogP contribution in [-0.2, 0) is 22.7 Å². The van der Waals surface area contributed by atoms with Crippen LogP contribution in [0.25, 0.3) is 0 Å². The molecule has 7 heteroatoms. The minimum Gasteiger partial charge on any atom is -0.392 e. The van der Waals surface area contributed by atoms with Crippen LogP contribution < -0.4 is 5.32 Å². The molecule has 2 aliphatic rings. The number of fused-ring (bicyclic) bond motifs is 1. The minimum absolute atomic E-state index is 0.0277. The molecule has 110 valence electrons. The molecule has 1 aromatic carbocycles. The quantitative estimate of drug-likeness (QED) is 0.756. The molecule has 21 heavy (non-hydrogen) atoms. The number of amides is 3. The number of aliphatic hydroxyl groups is 1. The normalized spacial score (nSPS) is 21.5. The number of halogens is 1. The molecule has 3 amide bonds. The summed E-state index contributed by atoms with van der Waals surface area (Å²) in [7, 11) is 0. The van der Waals surface area contributed by atoms with Gasteiger partial charge in [-0.25, -0.2) is 4.39 Å². The average Bonchev–Trinajstić information content (AvgIpc) is 2.78. The summed E-state index contributed by atoms with van der Waals surface area (Å²) < 4.78 is 14.2. The minimum atomic E-state index is -0.764. The molecule has 2 N–H and O–H groups in total. The predicted octanol–water partition coefficient (Wildman–Crippen LogP) is 0.0790. The molecular weight excluding hydrogens is 279 g/mol. The summed E-state index contributed by atoms with van der Waals surface area (Å²) in [4.78, 5) is 36.6. The maximum atomic E-state index is 14.2. The molecule has 0 aromatic heterocycles. The van der Waals surface area contributed by atoms with Gasteiger partial charge in [0.2, 0.25) is 11.8 Å². The zero-order valence-electron chi connectivity index (χ0n) is 11.1. The van der Waals surface area contributed by atoms with E-state index >= 15 is 0 Å². The summed E-state index contributed by atoms with van der Waals surface area (Å²) in [5.74, 6) is -1.94. The third kappa shape index (κ3) is 2.09. The first-order valence-electron chi connectivity index (χ1n) is 6.58. The van der Waals surface area contributed by atoms with Crippen molar-refractivity contribution in [3.05, 3.63) is 34.6 Å². The maximum absolute atomic E-state index is 14.2. The molecule has 1 unspecified atom stereocenters. The van der Waals surface area contributed by atoms with Crippen LogP contribution in [0.15, 0.2) is 12.1 Å². The largest absolute Gasteiger partial charge is 0.392 e. The van der Waals surface area contributed by atoms with Crippen LogP contribution in [0.5, 0.6) is 0 Å². The van der Waals surface area contributed by atoms with Gasteiger partial charge in [-0.15, -0.1) is 0 Å². The molecule has 0 radical (unpaired) electrons. The smallest absolute Gasteiger partial charge is 0.255 e. The fourth-order valence-corrected chi connectivity index (χ4v) is 2.77. The Morgan fingerprint density at radius 1 is 1.33 bits per heavy atom. The third-order valence-corrected chi connectivity index (χ3v) is 3.90. The molecule has 1 fully saturated rings. The van der Waals surface area contributed by atoms with Crippen molar-refractivity contribution in [2.24, 2.45) is 0 Å². The lowest BCUT2D eigenvalue weighted by molar-refractivity contribution is -0.136.